The van der Waals surface area contributed by atoms with E-state index in [0.29, 0.717) is 5.69 Å². The average Bonchev–Trinajstić information content (AvgIpc) is 3.30. The number of aryl methyl sites for hydroxylation is 1. The maximum atomic E-state index is 13.4. The third kappa shape index (κ3) is 2.35. The number of carbonyl (C=O) groups is 1. The van der Waals surface area contributed by atoms with Gasteiger partial charge in [-0.15, -0.1) is 0 Å². The smallest absolute Gasteiger partial charge is 0.279 e. The van der Waals surface area contributed by atoms with Gasteiger partial charge >= 0.3 is 0 Å². The highest BCUT2D eigenvalue weighted by Gasteiger charge is 2.32. The summed E-state index contributed by atoms with van der Waals surface area (Å²) in [6.07, 6.45) is 6.65. The SMILES string of the molecule is O=C(c1nn(-c2ccccc2)c2c1CCC2)N1CCCc2ncccc21. The van der Waals surface area contributed by atoms with Gasteiger partial charge in [-0.1, -0.05) is 18.2 Å². The average molecular weight is 344 g/mol. The first-order valence-corrected chi connectivity index (χ1v) is 9.25. The molecule has 5 rings (SSSR count). The molecule has 1 aromatic carbocycles. The van der Waals surface area contributed by atoms with Crippen molar-refractivity contribution in [2.45, 2.75) is 32.1 Å². The molecule has 0 spiro atoms. The number of rotatable bonds is 2. The Kier molecular flexibility index (Phi) is 3.59. The van der Waals surface area contributed by atoms with Crippen LogP contribution in [0.2, 0.25) is 0 Å². The molecule has 0 bridgehead atoms. The van der Waals surface area contributed by atoms with Crippen molar-refractivity contribution >= 4 is 11.6 Å². The van der Waals surface area contributed by atoms with Crippen LogP contribution in [0, 0.1) is 0 Å². The Labute approximate surface area is 152 Å². The van der Waals surface area contributed by atoms with E-state index in [1.54, 1.807) is 6.20 Å². The first-order valence-electron chi connectivity index (χ1n) is 9.25. The number of amides is 1. The number of benzene rings is 1. The summed E-state index contributed by atoms with van der Waals surface area (Å²) in [6.45, 7) is 0.727. The Hall–Kier alpha value is -2.95. The molecule has 0 N–H and O–H groups in total. The third-order valence-electron chi connectivity index (χ3n) is 5.33. The highest BCUT2D eigenvalue weighted by Crippen LogP contribution is 2.31. The molecule has 5 nitrogen and oxygen atoms in total. The lowest BCUT2D eigenvalue weighted by Crippen LogP contribution is -2.36. The fraction of sp³-hybridized carbons (Fsp3) is 0.286. The number of anilines is 1. The molecule has 0 radical (unpaired) electrons. The minimum Gasteiger partial charge on any atom is -0.305 e. The summed E-state index contributed by atoms with van der Waals surface area (Å²) in [5.74, 6) is 0.00628. The van der Waals surface area contributed by atoms with Crippen LogP contribution in [0.3, 0.4) is 0 Å². The molecule has 130 valence electrons. The van der Waals surface area contributed by atoms with Crippen LogP contribution in [-0.4, -0.2) is 27.2 Å². The zero-order valence-electron chi connectivity index (χ0n) is 14.6. The molecule has 5 heteroatoms. The number of hydrogen-bond donors (Lipinski definition) is 0. The summed E-state index contributed by atoms with van der Waals surface area (Å²) < 4.78 is 1.96. The van der Waals surface area contributed by atoms with Gasteiger partial charge in [0, 0.05) is 24.0 Å². The van der Waals surface area contributed by atoms with Crippen molar-refractivity contribution in [2.75, 3.05) is 11.4 Å². The fourth-order valence-corrected chi connectivity index (χ4v) is 4.12. The normalized spacial score (nSPS) is 15.6. The van der Waals surface area contributed by atoms with Gasteiger partial charge in [-0.05, 0) is 56.4 Å². The summed E-state index contributed by atoms with van der Waals surface area (Å²) in [4.78, 5) is 19.7. The zero-order chi connectivity index (χ0) is 17.5. The first-order chi connectivity index (χ1) is 12.8. The Morgan fingerprint density at radius 1 is 0.962 bits per heavy atom. The maximum Gasteiger partial charge on any atom is 0.279 e. The van der Waals surface area contributed by atoms with Crippen molar-refractivity contribution in [2.24, 2.45) is 0 Å². The topological polar surface area (TPSA) is 51.0 Å². The largest absolute Gasteiger partial charge is 0.305 e. The predicted molar refractivity (Wildman–Crippen MR) is 99.8 cm³/mol. The van der Waals surface area contributed by atoms with Gasteiger partial charge in [0.1, 0.15) is 0 Å². The predicted octanol–water partition coefficient (Wildman–Crippen LogP) is 3.35. The van der Waals surface area contributed by atoms with Crippen LogP contribution in [0.4, 0.5) is 5.69 Å². The van der Waals surface area contributed by atoms with E-state index in [2.05, 4.69) is 4.98 Å². The van der Waals surface area contributed by atoms with Crippen LogP contribution in [0.5, 0.6) is 0 Å². The molecule has 1 aliphatic heterocycles. The zero-order valence-corrected chi connectivity index (χ0v) is 14.6. The number of carbonyl (C=O) groups excluding carboxylic acids is 1. The first kappa shape index (κ1) is 15.3. The van der Waals surface area contributed by atoms with E-state index in [0.717, 1.165) is 61.3 Å². The van der Waals surface area contributed by atoms with Gasteiger partial charge in [-0.25, -0.2) is 4.68 Å². The van der Waals surface area contributed by atoms with Gasteiger partial charge < -0.3 is 4.90 Å². The number of nitrogens with zero attached hydrogens (tertiary/aromatic N) is 4. The second-order valence-corrected chi connectivity index (χ2v) is 6.90. The molecule has 3 aromatic rings. The van der Waals surface area contributed by atoms with E-state index in [1.165, 1.54) is 5.69 Å². The molecule has 0 atom stereocenters. The lowest BCUT2D eigenvalue weighted by Gasteiger charge is -2.28. The molecule has 0 unspecified atom stereocenters. The van der Waals surface area contributed by atoms with E-state index in [-0.39, 0.29) is 5.91 Å². The fourth-order valence-electron chi connectivity index (χ4n) is 4.12. The van der Waals surface area contributed by atoms with E-state index >= 15 is 0 Å². The molecular weight excluding hydrogens is 324 g/mol. The Morgan fingerprint density at radius 2 is 1.85 bits per heavy atom. The van der Waals surface area contributed by atoms with Crippen molar-refractivity contribution in [3.8, 4) is 5.69 Å². The van der Waals surface area contributed by atoms with Crippen LogP contribution in [0.1, 0.15) is 40.3 Å². The summed E-state index contributed by atoms with van der Waals surface area (Å²) >= 11 is 0. The Morgan fingerprint density at radius 3 is 2.73 bits per heavy atom. The molecule has 3 heterocycles. The van der Waals surface area contributed by atoms with E-state index in [9.17, 15) is 4.79 Å². The quantitative estimate of drug-likeness (QED) is 0.716. The lowest BCUT2D eigenvalue weighted by atomic mass is 10.1. The van der Waals surface area contributed by atoms with E-state index < -0.39 is 0 Å². The Bertz CT molecular complexity index is 977. The molecule has 0 saturated heterocycles. The summed E-state index contributed by atoms with van der Waals surface area (Å²) in [7, 11) is 0. The minimum absolute atomic E-state index is 0.00628. The number of hydrogen-bond acceptors (Lipinski definition) is 3. The van der Waals surface area contributed by atoms with Gasteiger partial charge in [0.25, 0.3) is 5.91 Å². The molecule has 1 aliphatic carbocycles. The molecule has 26 heavy (non-hydrogen) atoms. The number of pyridine rings is 1. The van der Waals surface area contributed by atoms with Gasteiger partial charge in [0.2, 0.25) is 0 Å². The van der Waals surface area contributed by atoms with Gasteiger partial charge in [0.05, 0.1) is 17.1 Å². The number of aromatic nitrogens is 3. The molecule has 0 fully saturated rings. The summed E-state index contributed by atoms with van der Waals surface area (Å²) in [6, 6.07) is 14.0. The second-order valence-electron chi connectivity index (χ2n) is 6.90. The van der Waals surface area contributed by atoms with E-state index in [1.807, 2.05) is 52.0 Å². The maximum absolute atomic E-state index is 13.4. The molecule has 1 amide bonds. The summed E-state index contributed by atoms with van der Waals surface area (Å²) in [5, 5.41) is 4.76. The number of fused-ring (bicyclic) bond motifs is 2. The molecule has 2 aromatic heterocycles. The van der Waals surface area contributed by atoms with Crippen molar-refractivity contribution in [3.63, 3.8) is 0 Å². The van der Waals surface area contributed by atoms with Gasteiger partial charge in [-0.2, -0.15) is 5.10 Å². The molecular formula is C21H20N4O. The van der Waals surface area contributed by atoms with Crippen LogP contribution in [0.15, 0.2) is 48.7 Å². The van der Waals surface area contributed by atoms with Crippen LogP contribution >= 0.6 is 0 Å². The highest BCUT2D eigenvalue weighted by molar-refractivity contribution is 6.06. The lowest BCUT2D eigenvalue weighted by molar-refractivity contribution is 0.0979. The highest BCUT2D eigenvalue weighted by atomic mass is 16.2. The van der Waals surface area contributed by atoms with Crippen LogP contribution < -0.4 is 4.90 Å². The Balaban J connectivity index is 1.59. The molecule has 0 saturated carbocycles. The molecule has 2 aliphatic rings. The second kappa shape index (κ2) is 6.09. The van der Waals surface area contributed by atoms with Crippen molar-refractivity contribution < 1.29 is 4.79 Å². The van der Waals surface area contributed by atoms with Crippen LogP contribution in [-0.2, 0) is 19.3 Å². The third-order valence-corrected chi connectivity index (χ3v) is 5.33. The summed E-state index contributed by atoms with van der Waals surface area (Å²) in [5.41, 5.74) is 5.87. The standard InChI is InChI=1S/C21H20N4O/c26-21(24-14-6-10-17-19(24)12-5-13-22-17)20-16-9-4-11-18(16)25(23-20)15-7-2-1-3-8-15/h1-3,5,7-8,12-13H,4,6,9-11,14H2. The van der Waals surface area contributed by atoms with E-state index in [4.69, 9.17) is 5.10 Å². The van der Waals surface area contributed by atoms with Gasteiger partial charge in [0.15, 0.2) is 5.69 Å². The minimum atomic E-state index is 0.00628. The van der Waals surface area contributed by atoms with Crippen LogP contribution in [0.25, 0.3) is 5.69 Å². The van der Waals surface area contributed by atoms with Crippen molar-refractivity contribution in [1.29, 1.82) is 0 Å². The monoisotopic (exact) mass is 344 g/mol. The van der Waals surface area contributed by atoms with Crippen molar-refractivity contribution in [3.05, 3.63) is 71.3 Å². The van der Waals surface area contributed by atoms with Crippen molar-refractivity contribution in [1.82, 2.24) is 14.8 Å². The number of para-hydroxylation sites is 1. The van der Waals surface area contributed by atoms with Gasteiger partial charge in [-0.3, -0.25) is 9.78 Å².